The third kappa shape index (κ3) is 5.33. The molecule has 0 spiro atoms. The van der Waals surface area contributed by atoms with Crippen molar-refractivity contribution in [1.82, 2.24) is 4.90 Å². The molecule has 19 heavy (non-hydrogen) atoms. The molecule has 1 amide bonds. The van der Waals surface area contributed by atoms with E-state index in [0.29, 0.717) is 25.0 Å². The Balaban J connectivity index is 2.46. The average Bonchev–Trinajstić information content (AvgIpc) is 2.35. The first kappa shape index (κ1) is 15.5. The minimum absolute atomic E-state index is 0.262. The summed E-state index contributed by atoms with van der Waals surface area (Å²) in [6.07, 6.45) is -0.262. The van der Waals surface area contributed by atoms with Gasteiger partial charge in [0.1, 0.15) is 6.61 Å². The Hall–Kier alpha value is -1.51. The van der Waals surface area contributed by atoms with E-state index in [4.69, 9.17) is 4.74 Å². The van der Waals surface area contributed by atoms with E-state index in [0.717, 1.165) is 5.56 Å². The molecule has 0 saturated carbocycles. The fourth-order valence-corrected chi connectivity index (χ4v) is 1.88. The zero-order valence-corrected chi connectivity index (χ0v) is 12.6. The molecule has 0 radical (unpaired) electrons. The van der Waals surface area contributed by atoms with E-state index >= 15 is 0 Å². The van der Waals surface area contributed by atoms with Gasteiger partial charge < -0.3 is 9.64 Å². The van der Waals surface area contributed by atoms with Gasteiger partial charge >= 0.3 is 6.09 Å². The topological polar surface area (TPSA) is 29.5 Å². The second-order valence-electron chi connectivity index (χ2n) is 5.73. The van der Waals surface area contributed by atoms with Crippen molar-refractivity contribution in [3.63, 3.8) is 0 Å². The maximum absolute atomic E-state index is 11.7. The molecule has 1 aromatic rings. The van der Waals surface area contributed by atoms with Crippen LogP contribution in [0.15, 0.2) is 24.3 Å². The molecule has 0 atom stereocenters. The number of nitrogens with zero attached hydrogens (tertiary/aromatic N) is 1. The predicted octanol–water partition coefficient (Wildman–Crippen LogP) is 4.03. The van der Waals surface area contributed by atoms with E-state index < -0.39 is 0 Å². The number of carbonyl (C=O) groups excluding carboxylic acids is 1. The maximum atomic E-state index is 11.7. The van der Waals surface area contributed by atoms with Gasteiger partial charge in [0.05, 0.1) is 0 Å². The van der Waals surface area contributed by atoms with Crippen molar-refractivity contribution in [3.8, 4) is 0 Å². The van der Waals surface area contributed by atoms with Gasteiger partial charge in [-0.15, -0.1) is 0 Å². The number of carbonyl (C=O) groups is 1. The highest BCUT2D eigenvalue weighted by atomic mass is 16.6. The standard InChI is InChI=1S/C16H25NO2/c1-12(2)10-17(5)16(18)19-11-14-6-8-15(9-7-14)13(3)4/h6-9,12-13H,10-11H2,1-5H3. The van der Waals surface area contributed by atoms with Gasteiger partial charge in [-0.25, -0.2) is 4.79 Å². The average molecular weight is 263 g/mol. The van der Waals surface area contributed by atoms with Crippen molar-refractivity contribution in [1.29, 1.82) is 0 Å². The monoisotopic (exact) mass is 263 g/mol. The summed E-state index contributed by atoms with van der Waals surface area (Å²) in [5, 5.41) is 0. The van der Waals surface area contributed by atoms with Crippen LogP contribution in [-0.2, 0) is 11.3 Å². The van der Waals surface area contributed by atoms with E-state index in [9.17, 15) is 4.79 Å². The van der Waals surface area contributed by atoms with E-state index in [1.165, 1.54) is 5.56 Å². The molecule has 0 fully saturated rings. The molecule has 1 aromatic carbocycles. The van der Waals surface area contributed by atoms with Crippen LogP contribution in [0.25, 0.3) is 0 Å². The van der Waals surface area contributed by atoms with E-state index in [2.05, 4.69) is 39.8 Å². The number of hydrogen-bond donors (Lipinski definition) is 0. The van der Waals surface area contributed by atoms with Crippen LogP contribution in [0.2, 0.25) is 0 Å². The van der Waals surface area contributed by atoms with Gasteiger partial charge in [-0.05, 0) is 23.0 Å². The Morgan fingerprint density at radius 3 is 2.21 bits per heavy atom. The number of hydrogen-bond acceptors (Lipinski definition) is 2. The number of amides is 1. The lowest BCUT2D eigenvalue weighted by molar-refractivity contribution is 0.101. The van der Waals surface area contributed by atoms with Gasteiger partial charge in [0.15, 0.2) is 0 Å². The summed E-state index contributed by atoms with van der Waals surface area (Å²) in [4.78, 5) is 13.3. The molecular formula is C16H25NO2. The predicted molar refractivity (Wildman–Crippen MR) is 78.2 cm³/mol. The van der Waals surface area contributed by atoms with Crippen LogP contribution in [0.4, 0.5) is 4.79 Å². The molecule has 0 heterocycles. The minimum atomic E-state index is -0.262. The molecule has 0 aromatic heterocycles. The zero-order valence-electron chi connectivity index (χ0n) is 12.6. The highest BCUT2D eigenvalue weighted by Crippen LogP contribution is 2.15. The molecule has 1 rings (SSSR count). The Morgan fingerprint density at radius 2 is 1.74 bits per heavy atom. The van der Waals surface area contributed by atoms with Crippen molar-refractivity contribution in [2.45, 2.75) is 40.2 Å². The first-order valence-electron chi connectivity index (χ1n) is 6.87. The molecule has 0 aliphatic rings. The Kier molecular flexibility index (Phi) is 5.87. The smallest absolute Gasteiger partial charge is 0.409 e. The molecule has 3 heteroatoms. The largest absolute Gasteiger partial charge is 0.445 e. The maximum Gasteiger partial charge on any atom is 0.409 e. The van der Waals surface area contributed by atoms with E-state index in [-0.39, 0.29) is 6.09 Å². The van der Waals surface area contributed by atoms with Crippen molar-refractivity contribution in [2.75, 3.05) is 13.6 Å². The third-order valence-electron chi connectivity index (χ3n) is 2.96. The zero-order chi connectivity index (χ0) is 14.4. The van der Waals surface area contributed by atoms with Crippen molar-refractivity contribution < 1.29 is 9.53 Å². The van der Waals surface area contributed by atoms with Crippen LogP contribution < -0.4 is 0 Å². The summed E-state index contributed by atoms with van der Waals surface area (Å²) in [5.74, 6) is 0.969. The van der Waals surface area contributed by atoms with Gasteiger partial charge in [0.2, 0.25) is 0 Å². The summed E-state index contributed by atoms with van der Waals surface area (Å²) in [6.45, 7) is 9.53. The summed E-state index contributed by atoms with van der Waals surface area (Å²) in [7, 11) is 1.77. The summed E-state index contributed by atoms with van der Waals surface area (Å²) < 4.78 is 5.28. The van der Waals surface area contributed by atoms with Crippen molar-refractivity contribution in [2.24, 2.45) is 5.92 Å². The quantitative estimate of drug-likeness (QED) is 0.802. The number of ether oxygens (including phenoxy) is 1. The molecule has 3 nitrogen and oxygen atoms in total. The summed E-state index contributed by atoms with van der Waals surface area (Å²) >= 11 is 0. The highest BCUT2D eigenvalue weighted by Gasteiger charge is 2.11. The first-order valence-corrected chi connectivity index (χ1v) is 6.87. The van der Waals surface area contributed by atoms with Gasteiger partial charge in [0.25, 0.3) is 0 Å². The molecule has 0 unspecified atom stereocenters. The van der Waals surface area contributed by atoms with Crippen LogP contribution in [0, 0.1) is 5.92 Å². The fraction of sp³-hybridized carbons (Fsp3) is 0.562. The molecule has 0 N–H and O–H groups in total. The fourth-order valence-electron chi connectivity index (χ4n) is 1.88. The number of rotatable bonds is 5. The number of benzene rings is 1. The lowest BCUT2D eigenvalue weighted by Gasteiger charge is -2.19. The van der Waals surface area contributed by atoms with Crippen LogP contribution in [0.3, 0.4) is 0 Å². The normalized spacial score (nSPS) is 10.9. The van der Waals surface area contributed by atoms with Crippen LogP contribution >= 0.6 is 0 Å². The van der Waals surface area contributed by atoms with Gasteiger partial charge in [0, 0.05) is 13.6 Å². The SMILES string of the molecule is CC(C)CN(C)C(=O)OCc1ccc(C(C)C)cc1. The third-order valence-corrected chi connectivity index (χ3v) is 2.96. The van der Waals surface area contributed by atoms with Crippen LogP contribution in [0.5, 0.6) is 0 Å². The second kappa shape index (κ2) is 7.17. The minimum Gasteiger partial charge on any atom is -0.445 e. The lowest BCUT2D eigenvalue weighted by atomic mass is 10.0. The molecule has 0 saturated heterocycles. The van der Waals surface area contributed by atoms with E-state index in [1.807, 2.05) is 12.1 Å². The molecule has 0 aliphatic carbocycles. The molecule has 0 aliphatic heterocycles. The summed E-state index contributed by atoms with van der Waals surface area (Å²) in [5.41, 5.74) is 2.32. The van der Waals surface area contributed by atoms with Crippen LogP contribution in [-0.4, -0.2) is 24.6 Å². The Labute approximate surface area is 116 Å². The Morgan fingerprint density at radius 1 is 1.16 bits per heavy atom. The lowest BCUT2D eigenvalue weighted by Crippen LogP contribution is -2.30. The van der Waals surface area contributed by atoms with E-state index in [1.54, 1.807) is 11.9 Å². The Bertz CT molecular complexity index is 396. The molecule has 106 valence electrons. The molecular weight excluding hydrogens is 238 g/mol. The van der Waals surface area contributed by atoms with Crippen LogP contribution in [0.1, 0.15) is 44.7 Å². The van der Waals surface area contributed by atoms with Gasteiger partial charge in [-0.2, -0.15) is 0 Å². The second-order valence-corrected chi connectivity index (χ2v) is 5.73. The van der Waals surface area contributed by atoms with Crippen molar-refractivity contribution in [3.05, 3.63) is 35.4 Å². The van der Waals surface area contributed by atoms with Gasteiger partial charge in [-0.3, -0.25) is 0 Å². The van der Waals surface area contributed by atoms with Gasteiger partial charge in [-0.1, -0.05) is 52.0 Å². The van der Waals surface area contributed by atoms with Crippen molar-refractivity contribution >= 4 is 6.09 Å². The highest BCUT2D eigenvalue weighted by molar-refractivity contribution is 5.67. The summed E-state index contributed by atoms with van der Waals surface area (Å²) in [6, 6.07) is 8.22. The molecule has 0 bridgehead atoms. The first-order chi connectivity index (χ1) is 8.90.